The molecule has 126 valence electrons. The normalized spacial score (nSPS) is 13.0. The number of rotatable bonds is 8. The molecule has 0 spiro atoms. The lowest BCUT2D eigenvalue weighted by Gasteiger charge is -2.24. The standard InChI is InChI=1S/C14H20N4O5/c1-4-23-13(22)10(3)17-9(2)12(21)18(8-11(19)20)14-15-6-5-7-16-14/h5-7,9-10,17H,4,8H2,1-3H3,(H,19,20)/t9-,10-/m0/s1. The zero-order valence-corrected chi connectivity index (χ0v) is 13.2. The van der Waals surface area contributed by atoms with Crippen molar-refractivity contribution in [3.8, 4) is 0 Å². The van der Waals surface area contributed by atoms with Gasteiger partial charge in [0.25, 0.3) is 0 Å². The van der Waals surface area contributed by atoms with Crippen molar-refractivity contribution in [1.29, 1.82) is 0 Å². The zero-order valence-electron chi connectivity index (χ0n) is 13.2. The predicted molar refractivity (Wildman–Crippen MR) is 80.7 cm³/mol. The lowest BCUT2D eigenvalue weighted by Crippen LogP contribution is -2.51. The number of aromatic nitrogens is 2. The number of carbonyl (C=O) groups excluding carboxylic acids is 2. The maximum absolute atomic E-state index is 12.5. The average molecular weight is 324 g/mol. The van der Waals surface area contributed by atoms with Crippen molar-refractivity contribution in [2.45, 2.75) is 32.9 Å². The number of hydrogen-bond acceptors (Lipinski definition) is 7. The van der Waals surface area contributed by atoms with Gasteiger partial charge in [0.15, 0.2) is 0 Å². The van der Waals surface area contributed by atoms with Crippen molar-refractivity contribution in [3.63, 3.8) is 0 Å². The van der Waals surface area contributed by atoms with Gasteiger partial charge >= 0.3 is 11.9 Å². The molecule has 1 aromatic heterocycles. The molecule has 0 bridgehead atoms. The van der Waals surface area contributed by atoms with Crippen LogP contribution in [0.4, 0.5) is 5.95 Å². The molecule has 0 saturated heterocycles. The van der Waals surface area contributed by atoms with Gasteiger partial charge in [-0.05, 0) is 26.8 Å². The van der Waals surface area contributed by atoms with Crippen LogP contribution in [0.1, 0.15) is 20.8 Å². The van der Waals surface area contributed by atoms with Crippen LogP contribution in [0.25, 0.3) is 0 Å². The minimum atomic E-state index is -1.20. The number of carboxylic acid groups (broad SMARTS) is 1. The fourth-order valence-electron chi connectivity index (χ4n) is 1.83. The van der Waals surface area contributed by atoms with E-state index >= 15 is 0 Å². The van der Waals surface area contributed by atoms with Crippen LogP contribution in [0.3, 0.4) is 0 Å². The lowest BCUT2D eigenvalue weighted by molar-refractivity contribution is -0.145. The number of esters is 1. The van der Waals surface area contributed by atoms with Crippen molar-refractivity contribution >= 4 is 23.8 Å². The second kappa shape index (κ2) is 8.79. The first-order chi connectivity index (χ1) is 10.9. The Bertz CT molecular complexity index is 551. The van der Waals surface area contributed by atoms with Crippen LogP contribution < -0.4 is 10.2 Å². The molecule has 1 aromatic rings. The Balaban J connectivity index is 2.84. The van der Waals surface area contributed by atoms with Crippen LogP contribution in [0.5, 0.6) is 0 Å². The second-order valence-corrected chi connectivity index (χ2v) is 4.73. The summed E-state index contributed by atoms with van der Waals surface area (Å²) in [6, 6.07) is 0.0204. The third kappa shape index (κ3) is 5.62. The summed E-state index contributed by atoms with van der Waals surface area (Å²) in [7, 11) is 0. The second-order valence-electron chi connectivity index (χ2n) is 4.73. The fraction of sp³-hybridized carbons (Fsp3) is 0.500. The molecule has 1 heterocycles. The minimum absolute atomic E-state index is 0.0164. The van der Waals surface area contributed by atoms with Crippen LogP contribution in [-0.4, -0.2) is 58.2 Å². The maximum atomic E-state index is 12.5. The van der Waals surface area contributed by atoms with Crippen molar-refractivity contribution in [3.05, 3.63) is 18.5 Å². The molecule has 1 rings (SSSR count). The van der Waals surface area contributed by atoms with Crippen LogP contribution in [-0.2, 0) is 19.1 Å². The first-order valence-electron chi connectivity index (χ1n) is 7.09. The number of aliphatic carboxylic acids is 1. The van der Waals surface area contributed by atoms with Gasteiger partial charge in [-0.15, -0.1) is 0 Å². The highest BCUT2D eigenvalue weighted by Gasteiger charge is 2.28. The molecule has 0 aliphatic rings. The number of amides is 1. The van der Waals surface area contributed by atoms with E-state index in [1.165, 1.54) is 19.3 Å². The number of nitrogens with zero attached hydrogens (tertiary/aromatic N) is 3. The summed E-state index contributed by atoms with van der Waals surface area (Å²) >= 11 is 0. The molecule has 2 N–H and O–H groups in total. The van der Waals surface area contributed by atoms with Crippen molar-refractivity contribution in [2.75, 3.05) is 18.1 Å². The number of ether oxygens (including phenoxy) is 1. The summed E-state index contributed by atoms with van der Waals surface area (Å²) in [5.74, 6) is -2.27. The third-order valence-electron chi connectivity index (χ3n) is 2.86. The van der Waals surface area contributed by atoms with Crippen molar-refractivity contribution < 1.29 is 24.2 Å². The van der Waals surface area contributed by atoms with Crippen LogP contribution >= 0.6 is 0 Å². The molecule has 9 nitrogen and oxygen atoms in total. The topological polar surface area (TPSA) is 122 Å². The van der Waals surface area contributed by atoms with Gasteiger partial charge in [-0.3, -0.25) is 24.6 Å². The van der Waals surface area contributed by atoms with Gasteiger partial charge in [0.2, 0.25) is 11.9 Å². The number of nitrogens with one attached hydrogen (secondary N) is 1. The largest absolute Gasteiger partial charge is 0.480 e. The van der Waals surface area contributed by atoms with Crippen LogP contribution in [0.2, 0.25) is 0 Å². The number of anilines is 1. The Kier molecular flexibility index (Phi) is 7.07. The molecule has 0 unspecified atom stereocenters. The van der Waals surface area contributed by atoms with E-state index in [9.17, 15) is 14.4 Å². The number of carboxylic acids is 1. The first-order valence-corrected chi connectivity index (χ1v) is 7.09. The van der Waals surface area contributed by atoms with Gasteiger partial charge in [-0.2, -0.15) is 0 Å². The highest BCUT2D eigenvalue weighted by atomic mass is 16.5. The van der Waals surface area contributed by atoms with E-state index in [0.717, 1.165) is 4.90 Å². The molecule has 0 radical (unpaired) electrons. The number of carbonyl (C=O) groups is 3. The summed E-state index contributed by atoms with van der Waals surface area (Å²) < 4.78 is 4.85. The maximum Gasteiger partial charge on any atom is 0.323 e. The van der Waals surface area contributed by atoms with E-state index < -0.39 is 36.5 Å². The lowest BCUT2D eigenvalue weighted by atomic mass is 10.2. The Morgan fingerprint density at radius 3 is 2.39 bits per heavy atom. The molecule has 0 aromatic carbocycles. The summed E-state index contributed by atoms with van der Waals surface area (Å²) in [6.45, 7) is 4.41. The summed E-state index contributed by atoms with van der Waals surface area (Å²) in [4.78, 5) is 43.8. The molecule has 0 saturated carbocycles. The predicted octanol–water partition coefficient (Wildman–Crippen LogP) is -0.176. The Morgan fingerprint density at radius 2 is 1.87 bits per heavy atom. The average Bonchev–Trinajstić information content (AvgIpc) is 2.52. The van der Waals surface area contributed by atoms with E-state index in [2.05, 4.69) is 15.3 Å². The third-order valence-corrected chi connectivity index (χ3v) is 2.86. The molecule has 1 amide bonds. The van der Waals surface area contributed by atoms with Gasteiger partial charge in [-0.25, -0.2) is 9.97 Å². The van der Waals surface area contributed by atoms with E-state index in [1.54, 1.807) is 19.9 Å². The van der Waals surface area contributed by atoms with Crippen LogP contribution in [0.15, 0.2) is 18.5 Å². The Morgan fingerprint density at radius 1 is 1.26 bits per heavy atom. The molecular formula is C14H20N4O5. The highest BCUT2D eigenvalue weighted by molar-refractivity contribution is 5.99. The summed E-state index contributed by atoms with van der Waals surface area (Å²) in [6.07, 6.45) is 2.81. The van der Waals surface area contributed by atoms with E-state index in [0.29, 0.717) is 0 Å². The van der Waals surface area contributed by atoms with Gasteiger partial charge in [0, 0.05) is 12.4 Å². The van der Waals surface area contributed by atoms with E-state index in [1.807, 2.05) is 0 Å². The van der Waals surface area contributed by atoms with Crippen LogP contribution in [0, 0.1) is 0 Å². The monoisotopic (exact) mass is 324 g/mol. The van der Waals surface area contributed by atoms with Crippen molar-refractivity contribution in [2.24, 2.45) is 0 Å². The smallest absolute Gasteiger partial charge is 0.323 e. The van der Waals surface area contributed by atoms with Gasteiger partial charge in [0.1, 0.15) is 12.6 Å². The fourth-order valence-corrected chi connectivity index (χ4v) is 1.83. The molecule has 0 aliphatic heterocycles. The van der Waals surface area contributed by atoms with Gasteiger partial charge in [0.05, 0.1) is 12.6 Å². The Labute approximate surface area is 133 Å². The summed E-state index contributed by atoms with van der Waals surface area (Å²) in [5, 5.41) is 11.7. The molecule has 23 heavy (non-hydrogen) atoms. The van der Waals surface area contributed by atoms with Gasteiger partial charge in [-0.1, -0.05) is 0 Å². The SMILES string of the molecule is CCOC(=O)[C@H](C)N[C@@H](C)C(=O)N(CC(=O)O)c1ncccn1. The van der Waals surface area contributed by atoms with E-state index in [4.69, 9.17) is 9.84 Å². The molecule has 0 aliphatic carbocycles. The quantitative estimate of drug-likeness (QED) is 0.632. The minimum Gasteiger partial charge on any atom is -0.480 e. The molecular weight excluding hydrogens is 304 g/mol. The zero-order chi connectivity index (χ0) is 17.4. The highest BCUT2D eigenvalue weighted by Crippen LogP contribution is 2.08. The van der Waals surface area contributed by atoms with Crippen molar-refractivity contribution in [1.82, 2.24) is 15.3 Å². The molecule has 2 atom stereocenters. The first kappa shape index (κ1) is 18.5. The molecule has 9 heteroatoms. The molecule has 0 fully saturated rings. The van der Waals surface area contributed by atoms with E-state index in [-0.39, 0.29) is 12.6 Å². The summed E-state index contributed by atoms with van der Waals surface area (Å²) in [5.41, 5.74) is 0. The number of hydrogen-bond donors (Lipinski definition) is 2. The van der Waals surface area contributed by atoms with Gasteiger partial charge < -0.3 is 9.84 Å². The Hall–Kier alpha value is -2.55.